The predicted octanol–water partition coefficient (Wildman–Crippen LogP) is 4.70. The third-order valence-corrected chi connectivity index (χ3v) is 2.39. The molecule has 0 atom stereocenters. The van der Waals surface area contributed by atoms with E-state index in [1.807, 2.05) is 19.1 Å². The number of phenolic OH excluding ortho intramolecular Hbond substituents is 1. The molecule has 0 fully saturated rings. The van der Waals surface area contributed by atoms with E-state index in [4.69, 9.17) is 9.90 Å². The molecular weight excluding hydrogens is 262 g/mol. The van der Waals surface area contributed by atoms with Crippen molar-refractivity contribution in [1.82, 2.24) is 0 Å². The van der Waals surface area contributed by atoms with Gasteiger partial charge in [-0.05, 0) is 44.5 Å². The molecule has 0 saturated heterocycles. The first-order chi connectivity index (χ1) is 9.97. The van der Waals surface area contributed by atoms with Gasteiger partial charge in [0.25, 0.3) is 0 Å². The minimum absolute atomic E-state index is 0.338. The van der Waals surface area contributed by atoms with Gasteiger partial charge in [0.1, 0.15) is 12.0 Å². The molecule has 1 aromatic rings. The molecule has 3 N–H and O–H groups in total. The van der Waals surface area contributed by atoms with Crippen molar-refractivity contribution in [3.63, 3.8) is 0 Å². The Morgan fingerprint density at radius 3 is 2.05 bits per heavy atom. The van der Waals surface area contributed by atoms with Crippen molar-refractivity contribution in [2.45, 2.75) is 60.3 Å². The molecule has 0 aliphatic carbocycles. The van der Waals surface area contributed by atoms with Crippen molar-refractivity contribution in [1.29, 1.82) is 0 Å². The Bertz CT molecular complexity index is 295. The van der Waals surface area contributed by atoms with E-state index in [0.717, 1.165) is 17.8 Å². The Kier molecular flexibility index (Phi) is 24.6. The second-order valence-corrected chi connectivity index (χ2v) is 4.96. The summed E-state index contributed by atoms with van der Waals surface area (Å²) in [4.78, 5) is 8.81. The quantitative estimate of drug-likeness (QED) is 0.625. The number of hydrogen-bond acceptors (Lipinski definition) is 3. The maximum atomic E-state index is 8.81. The molecule has 3 nitrogen and oxygen atoms in total. The average Bonchev–Trinajstić information content (AvgIpc) is 2.42. The molecule has 0 heterocycles. The van der Waals surface area contributed by atoms with Gasteiger partial charge in [0.05, 0.1) is 0 Å². The van der Waals surface area contributed by atoms with Crippen LogP contribution in [0.15, 0.2) is 24.3 Å². The summed E-state index contributed by atoms with van der Waals surface area (Å²) in [7, 11) is 1.50. The molecule has 0 bridgehead atoms. The van der Waals surface area contributed by atoms with Gasteiger partial charge in [-0.15, -0.1) is 0 Å². The highest BCUT2D eigenvalue weighted by atomic mass is 16.3. The van der Waals surface area contributed by atoms with Gasteiger partial charge in [-0.2, -0.15) is 0 Å². The van der Waals surface area contributed by atoms with E-state index in [2.05, 4.69) is 26.5 Å². The van der Waals surface area contributed by atoms with Crippen molar-refractivity contribution < 1.29 is 9.90 Å². The molecule has 0 amide bonds. The lowest BCUT2D eigenvalue weighted by Crippen LogP contribution is -1.85. The van der Waals surface area contributed by atoms with Crippen LogP contribution in [0.2, 0.25) is 0 Å². The number of unbranched alkanes of at least 4 members (excludes halogenated alkanes) is 2. The van der Waals surface area contributed by atoms with Crippen LogP contribution in [0.5, 0.6) is 5.75 Å². The van der Waals surface area contributed by atoms with Crippen LogP contribution >= 0.6 is 0 Å². The summed E-state index contributed by atoms with van der Waals surface area (Å²) in [6.07, 6.45) is 6.35. The van der Waals surface area contributed by atoms with Crippen LogP contribution in [0.25, 0.3) is 0 Å². The van der Waals surface area contributed by atoms with Gasteiger partial charge in [0.15, 0.2) is 0 Å². The summed E-state index contributed by atoms with van der Waals surface area (Å²) in [5.74, 6) is 1.24. The van der Waals surface area contributed by atoms with Crippen LogP contribution in [0.4, 0.5) is 0 Å². The molecule has 0 aromatic heterocycles. The Morgan fingerprint density at radius 1 is 1.24 bits per heavy atom. The highest BCUT2D eigenvalue weighted by molar-refractivity contribution is 5.44. The van der Waals surface area contributed by atoms with E-state index in [9.17, 15) is 0 Å². The highest BCUT2D eigenvalue weighted by Crippen LogP contribution is 2.08. The molecule has 21 heavy (non-hydrogen) atoms. The smallest absolute Gasteiger partial charge is 0.116 e. The maximum absolute atomic E-state index is 8.81. The Balaban J connectivity index is -0.000000237. The fourth-order valence-electron chi connectivity index (χ4n) is 1.43. The highest BCUT2D eigenvalue weighted by Gasteiger charge is 1.90. The summed E-state index contributed by atoms with van der Waals surface area (Å²) in [6.45, 7) is 10.2. The molecule has 0 radical (unpaired) electrons. The fraction of sp³-hybridized carbons (Fsp3) is 0.611. The first-order valence-corrected chi connectivity index (χ1v) is 7.71. The zero-order valence-corrected chi connectivity index (χ0v) is 14.7. The number of carbonyl (C=O) groups is 1. The number of rotatable bonds is 4. The third-order valence-electron chi connectivity index (χ3n) is 2.39. The van der Waals surface area contributed by atoms with Gasteiger partial charge in [0, 0.05) is 0 Å². The number of carbonyl (C=O) groups excluding carboxylic acids is 1. The zero-order chi connectivity index (χ0) is 17.1. The number of hydrogen-bond donors (Lipinski definition) is 2. The number of benzene rings is 1. The average molecular weight is 297 g/mol. The molecule has 0 aliphatic heterocycles. The van der Waals surface area contributed by atoms with Gasteiger partial charge in [-0.1, -0.05) is 58.6 Å². The fourth-order valence-corrected chi connectivity index (χ4v) is 1.43. The molecule has 124 valence electrons. The van der Waals surface area contributed by atoms with Crippen LogP contribution in [-0.2, 0) is 4.79 Å². The monoisotopic (exact) mass is 297 g/mol. The van der Waals surface area contributed by atoms with E-state index in [0.29, 0.717) is 5.75 Å². The number of aryl methyl sites for hydroxylation is 1. The van der Waals surface area contributed by atoms with Crippen molar-refractivity contribution in [3.05, 3.63) is 29.8 Å². The topological polar surface area (TPSA) is 63.3 Å². The van der Waals surface area contributed by atoms with Crippen LogP contribution in [0.3, 0.4) is 0 Å². The summed E-state index contributed by atoms with van der Waals surface area (Å²) in [5, 5.41) is 8.81. The Hall–Kier alpha value is -1.35. The minimum Gasteiger partial charge on any atom is -0.508 e. The van der Waals surface area contributed by atoms with Gasteiger partial charge in [0.2, 0.25) is 0 Å². The number of aldehydes is 1. The lowest BCUT2D eigenvalue weighted by molar-refractivity contribution is -0.106. The van der Waals surface area contributed by atoms with Crippen LogP contribution in [-0.4, -0.2) is 18.4 Å². The first-order valence-electron chi connectivity index (χ1n) is 7.71. The standard InChI is InChI=1S/C8H18.C7H8O.C2H4O.CH5N/c1-4-5-6-7-8(2)3;1-6-3-2-4-7(8)5-6;1-2-3;1-2/h8H,4-7H2,1-3H3;2-5,8H,1H3;2H,1H3;2H2,1H3. The van der Waals surface area contributed by atoms with Crippen molar-refractivity contribution in [2.75, 3.05) is 7.05 Å². The van der Waals surface area contributed by atoms with Crippen molar-refractivity contribution >= 4 is 6.29 Å². The van der Waals surface area contributed by atoms with Crippen LogP contribution < -0.4 is 5.73 Å². The van der Waals surface area contributed by atoms with Crippen LogP contribution in [0, 0.1) is 12.8 Å². The first kappa shape index (κ1) is 24.7. The van der Waals surface area contributed by atoms with E-state index in [-0.39, 0.29) is 0 Å². The number of phenols is 1. The summed E-state index contributed by atoms with van der Waals surface area (Å²) >= 11 is 0. The molecule has 3 heteroatoms. The number of aromatic hydroxyl groups is 1. The van der Waals surface area contributed by atoms with Gasteiger partial charge >= 0.3 is 0 Å². The molecule has 0 saturated carbocycles. The van der Waals surface area contributed by atoms with E-state index >= 15 is 0 Å². The predicted molar refractivity (Wildman–Crippen MR) is 93.7 cm³/mol. The number of nitrogens with two attached hydrogens (primary N) is 1. The van der Waals surface area contributed by atoms with E-state index in [1.54, 1.807) is 12.1 Å². The lowest BCUT2D eigenvalue weighted by atomic mass is 10.1. The normalized spacial score (nSPS) is 8.38. The molecular formula is C18H35NO2. The second kappa shape index (κ2) is 21.0. The van der Waals surface area contributed by atoms with Crippen molar-refractivity contribution in [2.24, 2.45) is 11.7 Å². The van der Waals surface area contributed by atoms with Crippen LogP contribution in [0.1, 0.15) is 58.9 Å². The molecule has 1 rings (SSSR count). The summed E-state index contributed by atoms with van der Waals surface area (Å²) in [5.41, 5.74) is 5.59. The summed E-state index contributed by atoms with van der Waals surface area (Å²) < 4.78 is 0. The zero-order valence-electron chi connectivity index (χ0n) is 14.7. The maximum Gasteiger partial charge on any atom is 0.116 e. The lowest BCUT2D eigenvalue weighted by Gasteiger charge is -2.00. The molecule has 1 aromatic carbocycles. The minimum atomic E-state index is 0.338. The van der Waals surface area contributed by atoms with Gasteiger partial charge in [-0.25, -0.2) is 0 Å². The molecule has 0 spiro atoms. The molecule has 0 aliphatic rings. The SMILES string of the molecule is CC=O.CCCCCC(C)C.CN.Cc1cccc(O)c1. The van der Waals surface area contributed by atoms with Crippen molar-refractivity contribution in [3.8, 4) is 5.75 Å². The summed E-state index contributed by atoms with van der Waals surface area (Å²) in [6, 6.07) is 7.15. The van der Waals surface area contributed by atoms with E-state index in [1.165, 1.54) is 39.7 Å². The second-order valence-electron chi connectivity index (χ2n) is 4.96. The van der Waals surface area contributed by atoms with Gasteiger partial charge in [-0.3, -0.25) is 0 Å². The van der Waals surface area contributed by atoms with Gasteiger partial charge < -0.3 is 15.6 Å². The molecule has 0 unspecified atom stereocenters. The van der Waals surface area contributed by atoms with E-state index < -0.39 is 0 Å². The Labute approximate surface area is 131 Å². The third kappa shape index (κ3) is 27.7. The largest absolute Gasteiger partial charge is 0.508 e. The Morgan fingerprint density at radius 2 is 1.76 bits per heavy atom.